The third-order valence-electron chi connectivity index (χ3n) is 0. The zero-order chi connectivity index (χ0) is 7.15. The summed E-state index contributed by atoms with van der Waals surface area (Å²) in [5.41, 5.74) is 0. The number of hydrogen-bond donors (Lipinski definition) is 0. The van der Waals surface area contributed by atoms with Gasteiger partial charge in [0.2, 0.25) is 0 Å². The van der Waals surface area contributed by atoms with Gasteiger partial charge in [-0.2, -0.15) is 0 Å². The van der Waals surface area contributed by atoms with Gasteiger partial charge in [-0.15, -0.1) is 0 Å². The van der Waals surface area contributed by atoms with Gasteiger partial charge >= 0.3 is 37.7 Å². The molecule has 0 amide bonds. The summed E-state index contributed by atoms with van der Waals surface area (Å²) in [5, 5.41) is 17.8. The molecule has 0 fully saturated rings. The number of hydrogen-bond acceptors (Lipinski definition) is 4. The maximum absolute atomic E-state index is 8.89. The van der Waals surface area contributed by atoms with E-state index in [1.807, 2.05) is 0 Å². The Bertz CT molecular complexity index is 74.8. The third-order valence-corrected chi connectivity index (χ3v) is 0. The molecule has 0 aliphatic carbocycles. The van der Waals surface area contributed by atoms with Crippen LogP contribution in [0.1, 0.15) is 13.8 Å². The Morgan fingerprint density at radius 1 is 0.714 bits per heavy atom. The second-order valence-corrected chi connectivity index (χ2v) is 0.983. The summed E-state index contributed by atoms with van der Waals surface area (Å²) in [7, 11) is 0. The van der Waals surface area contributed by atoms with Gasteiger partial charge in [-0.3, -0.25) is 0 Å². The molecule has 0 rings (SSSR count). The molecule has 9 nitrogen and oxygen atoms in total. The molecule has 10 N–H and O–H groups in total. The fourth-order valence-corrected chi connectivity index (χ4v) is 0. The Hall–Kier alpha value is -0.000260. The quantitative estimate of drug-likeness (QED) is 0.379. The van der Waals surface area contributed by atoms with Gasteiger partial charge in [0.05, 0.1) is 0 Å². The van der Waals surface area contributed by atoms with E-state index in [2.05, 4.69) is 0 Å². The van der Waals surface area contributed by atoms with Crippen molar-refractivity contribution in [3.63, 3.8) is 0 Å². The number of carbonyl (C=O) groups excluding carboxylic acids is 2. The summed E-state index contributed by atoms with van der Waals surface area (Å²) >= 11 is 0. The largest absolute Gasteiger partial charge is 2.00 e. The van der Waals surface area contributed by atoms with Crippen LogP contribution in [0.4, 0.5) is 0 Å². The zero-order valence-electron chi connectivity index (χ0n) is 7.84. The van der Waals surface area contributed by atoms with Crippen molar-refractivity contribution in [3.05, 3.63) is 0 Å². The van der Waals surface area contributed by atoms with E-state index in [1.165, 1.54) is 0 Å². The molecule has 0 aromatic rings. The Labute approximate surface area is 110 Å². The molecule has 0 heterocycles. The molecule has 0 unspecified atom stereocenters. The Morgan fingerprint density at radius 3 is 0.714 bits per heavy atom. The van der Waals surface area contributed by atoms with Gasteiger partial charge in [0.15, 0.2) is 0 Å². The van der Waals surface area contributed by atoms with Gasteiger partial charge in [0, 0.05) is 11.9 Å². The Morgan fingerprint density at radius 2 is 0.714 bits per heavy atom. The van der Waals surface area contributed by atoms with Crippen molar-refractivity contribution >= 4 is 49.7 Å². The normalized spacial score (nSPS) is 3.57. The van der Waals surface area contributed by atoms with Gasteiger partial charge in [0.1, 0.15) is 0 Å². The Balaban J connectivity index is -0.00000000600. The van der Waals surface area contributed by atoms with Crippen molar-refractivity contribution in [2.24, 2.45) is 0 Å². The van der Waals surface area contributed by atoms with E-state index < -0.39 is 11.9 Å². The van der Waals surface area contributed by atoms with Crippen molar-refractivity contribution in [1.82, 2.24) is 0 Å². The van der Waals surface area contributed by atoms with Gasteiger partial charge in [-0.05, 0) is 13.8 Å². The molecule has 0 aliphatic heterocycles. The summed E-state index contributed by atoms with van der Waals surface area (Å²) in [6.45, 7) is 1.94. The van der Waals surface area contributed by atoms with E-state index in [0.29, 0.717) is 0 Å². The van der Waals surface area contributed by atoms with Crippen LogP contribution < -0.4 is 10.2 Å². The molecule has 0 spiro atoms. The molecule has 10 heteroatoms. The first-order chi connectivity index (χ1) is 3.46. The van der Waals surface area contributed by atoms with Gasteiger partial charge in [-0.25, -0.2) is 0 Å². The van der Waals surface area contributed by atoms with Crippen LogP contribution in [-0.4, -0.2) is 77.1 Å². The van der Waals surface area contributed by atoms with E-state index in [4.69, 9.17) is 19.8 Å². The SMILES string of the molecule is CC(=O)[O-].CC(=O)[O-].O.O.O.O.O.[Ca+2]. The van der Waals surface area contributed by atoms with Gasteiger partial charge < -0.3 is 47.2 Å². The molecule has 0 saturated carbocycles. The maximum Gasteiger partial charge on any atom is 2.00 e. The first-order valence-electron chi connectivity index (χ1n) is 1.82. The van der Waals surface area contributed by atoms with Crippen molar-refractivity contribution in [3.8, 4) is 0 Å². The van der Waals surface area contributed by atoms with Crippen LogP contribution in [0, 0.1) is 0 Å². The summed E-state index contributed by atoms with van der Waals surface area (Å²) < 4.78 is 0. The fourth-order valence-electron chi connectivity index (χ4n) is 0. The standard InChI is InChI=1S/2C2H4O2.Ca.5H2O/c2*1-2(3)4;;;;;;/h2*1H3,(H,3,4);;5*1H2/q;;+2;;;;;/p-2. The van der Waals surface area contributed by atoms with Crippen LogP contribution in [0.3, 0.4) is 0 Å². The minimum Gasteiger partial charge on any atom is -0.550 e. The minimum absolute atomic E-state index is 0. The number of carboxylic acid groups (broad SMARTS) is 2. The molecule has 0 bridgehead atoms. The van der Waals surface area contributed by atoms with E-state index in [0.717, 1.165) is 13.8 Å². The molecule has 0 aromatic heterocycles. The van der Waals surface area contributed by atoms with Crippen LogP contribution in [0.15, 0.2) is 0 Å². The molecule has 14 heavy (non-hydrogen) atoms. The second kappa shape index (κ2) is 52.0. The van der Waals surface area contributed by atoms with Crippen LogP contribution in [0.2, 0.25) is 0 Å². The Kier molecular flexibility index (Phi) is 244. The summed E-state index contributed by atoms with van der Waals surface area (Å²) in [6, 6.07) is 0. The molecule has 0 saturated heterocycles. The van der Waals surface area contributed by atoms with Crippen LogP contribution in [-0.2, 0) is 9.59 Å². The number of carboxylic acids is 2. The predicted octanol–water partition coefficient (Wildman–Crippen LogP) is -6.99. The predicted molar refractivity (Wildman–Crippen MR) is 45.2 cm³/mol. The van der Waals surface area contributed by atoms with E-state index >= 15 is 0 Å². The van der Waals surface area contributed by atoms with E-state index in [1.54, 1.807) is 0 Å². The van der Waals surface area contributed by atoms with E-state index in [9.17, 15) is 0 Å². The third kappa shape index (κ3) is 21500000000. The monoisotopic (exact) mass is 248 g/mol. The van der Waals surface area contributed by atoms with Crippen LogP contribution >= 0.6 is 0 Å². The summed E-state index contributed by atoms with van der Waals surface area (Å²) in [4.78, 5) is 17.8. The first-order valence-corrected chi connectivity index (χ1v) is 1.82. The van der Waals surface area contributed by atoms with Gasteiger partial charge in [0.25, 0.3) is 0 Å². The number of rotatable bonds is 0. The maximum atomic E-state index is 8.89. The van der Waals surface area contributed by atoms with Crippen LogP contribution in [0.25, 0.3) is 0 Å². The smallest absolute Gasteiger partial charge is 0.550 e. The van der Waals surface area contributed by atoms with Crippen molar-refractivity contribution in [1.29, 1.82) is 0 Å². The summed E-state index contributed by atoms with van der Waals surface area (Å²) in [6.07, 6.45) is 0. The zero-order valence-corrected chi connectivity index (χ0v) is 10.0. The number of carbonyl (C=O) groups is 2. The minimum atomic E-state index is -1.08. The fraction of sp³-hybridized carbons (Fsp3) is 0.500. The number of aliphatic carboxylic acids is 2. The topological polar surface area (TPSA) is 238 Å². The molecule has 0 radical (unpaired) electrons. The molecule has 0 aromatic carbocycles. The molecule has 88 valence electrons. The van der Waals surface area contributed by atoms with Crippen molar-refractivity contribution in [2.75, 3.05) is 0 Å². The molecule has 0 aliphatic rings. The average molecular weight is 248 g/mol. The van der Waals surface area contributed by atoms with E-state index in [-0.39, 0.29) is 65.1 Å². The molecular formula is C4H16CaO9. The summed E-state index contributed by atoms with van der Waals surface area (Å²) in [5.74, 6) is -2.17. The molecule has 0 atom stereocenters. The van der Waals surface area contributed by atoms with Gasteiger partial charge in [-0.1, -0.05) is 0 Å². The van der Waals surface area contributed by atoms with Crippen molar-refractivity contribution in [2.45, 2.75) is 13.8 Å². The van der Waals surface area contributed by atoms with Crippen LogP contribution in [0.5, 0.6) is 0 Å². The second-order valence-electron chi connectivity index (χ2n) is 0.983. The first kappa shape index (κ1) is 65.7. The van der Waals surface area contributed by atoms with Crippen molar-refractivity contribution < 1.29 is 47.2 Å². The average Bonchev–Trinajstić information content (AvgIpc) is 1.25. The molecular weight excluding hydrogens is 232 g/mol.